The number of sulfonamides is 1. The summed E-state index contributed by atoms with van der Waals surface area (Å²) in [5, 5.41) is 0. The maximum absolute atomic E-state index is 14.4. The van der Waals surface area contributed by atoms with Gasteiger partial charge in [-0.1, -0.05) is 30.3 Å². The fourth-order valence-electron chi connectivity index (χ4n) is 3.21. The van der Waals surface area contributed by atoms with Crippen LogP contribution >= 0.6 is 12.4 Å². The number of hydrogen-bond donors (Lipinski definition) is 1. The molecule has 0 saturated carbocycles. The molecule has 148 valence electrons. The minimum Gasteiger partial charge on any atom is -0.493 e. The van der Waals surface area contributed by atoms with E-state index in [4.69, 9.17) is 15.2 Å². The third-order valence-corrected chi connectivity index (χ3v) is 6.46. The highest BCUT2D eigenvalue weighted by Crippen LogP contribution is 2.36. The Labute approximate surface area is 164 Å². The van der Waals surface area contributed by atoms with E-state index in [2.05, 4.69) is 0 Å². The van der Waals surface area contributed by atoms with E-state index in [0.29, 0.717) is 0 Å². The summed E-state index contributed by atoms with van der Waals surface area (Å²) < 4.78 is 51.7. The van der Waals surface area contributed by atoms with Crippen molar-refractivity contribution in [3.8, 4) is 11.5 Å². The fraction of sp³-hybridized carbons (Fsp3) is 0.333. The highest BCUT2D eigenvalue weighted by Gasteiger charge is 2.39. The molecule has 27 heavy (non-hydrogen) atoms. The summed E-state index contributed by atoms with van der Waals surface area (Å²) in [5.74, 6) is -0.756. The molecule has 1 fully saturated rings. The van der Waals surface area contributed by atoms with Crippen molar-refractivity contribution in [2.75, 3.05) is 27.3 Å². The first-order valence-electron chi connectivity index (χ1n) is 8.10. The predicted octanol–water partition coefficient (Wildman–Crippen LogP) is 2.38. The molecule has 2 atom stereocenters. The van der Waals surface area contributed by atoms with Crippen LogP contribution in [0.3, 0.4) is 0 Å². The van der Waals surface area contributed by atoms with Crippen LogP contribution in [0.2, 0.25) is 0 Å². The molecule has 0 radical (unpaired) electrons. The van der Waals surface area contributed by atoms with Crippen molar-refractivity contribution in [2.45, 2.75) is 16.9 Å². The second-order valence-electron chi connectivity index (χ2n) is 6.14. The van der Waals surface area contributed by atoms with E-state index in [1.807, 2.05) is 30.3 Å². The van der Waals surface area contributed by atoms with Gasteiger partial charge >= 0.3 is 0 Å². The van der Waals surface area contributed by atoms with Gasteiger partial charge in [0.2, 0.25) is 10.0 Å². The lowest BCUT2D eigenvalue weighted by molar-refractivity contribution is 0.349. The summed E-state index contributed by atoms with van der Waals surface area (Å²) in [7, 11) is -1.34. The van der Waals surface area contributed by atoms with E-state index in [1.165, 1.54) is 18.5 Å². The molecule has 0 bridgehead atoms. The summed E-state index contributed by atoms with van der Waals surface area (Å²) in [6, 6.07) is 11.3. The first-order chi connectivity index (χ1) is 12.4. The number of ether oxygens (including phenoxy) is 2. The van der Waals surface area contributed by atoms with Crippen LogP contribution in [0.4, 0.5) is 4.39 Å². The fourth-order valence-corrected chi connectivity index (χ4v) is 4.78. The first-order valence-corrected chi connectivity index (χ1v) is 9.54. The van der Waals surface area contributed by atoms with E-state index < -0.39 is 20.7 Å². The van der Waals surface area contributed by atoms with Crippen LogP contribution in [0.5, 0.6) is 11.5 Å². The minimum absolute atomic E-state index is 0. The number of benzene rings is 2. The second-order valence-corrected chi connectivity index (χ2v) is 8.05. The van der Waals surface area contributed by atoms with Gasteiger partial charge in [-0.25, -0.2) is 12.8 Å². The number of nitrogens with zero attached hydrogens (tertiary/aromatic N) is 1. The topological polar surface area (TPSA) is 81.9 Å². The standard InChI is InChI=1S/C18H21FN2O4S.ClH/c1-24-16-8-14(19)18(9-17(16)25-2)26(22,23)21-10-13(15(20)11-21)12-6-4-3-5-7-12;/h3-9,13,15H,10-11,20H2,1-2H3;1H/t13-,15+;/m0./s1. The summed E-state index contributed by atoms with van der Waals surface area (Å²) in [5.41, 5.74) is 7.13. The van der Waals surface area contributed by atoms with Crippen molar-refractivity contribution < 1.29 is 22.3 Å². The van der Waals surface area contributed by atoms with Crippen LogP contribution in [0.25, 0.3) is 0 Å². The highest BCUT2D eigenvalue weighted by molar-refractivity contribution is 7.89. The Morgan fingerprint density at radius 2 is 1.67 bits per heavy atom. The van der Waals surface area contributed by atoms with Gasteiger partial charge < -0.3 is 15.2 Å². The van der Waals surface area contributed by atoms with Gasteiger partial charge in [-0.15, -0.1) is 12.4 Å². The first kappa shape index (κ1) is 21.4. The number of hydrogen-bond acceptors (Lipinski definition) is 5. The molecule has 1 aliphatic rings. The lowest BCUT2D eigenvalue weighted by atomic mass is 9.95. The molecule has 2 aromatic rings. The van der Waals surface area contributed by atoms with Crippen molar-refractivity contribution in [3.63, 3.8) is 0 Å². The van der Waals surface area contributed by atoms with Crippen molar-refractivity contribution in [1.82, 2.24) is 4.31 Å². The van der Waals surface area contributed by atoms with Crippen LogP contribution in [0.15, 0.2) is 47.4 Å². The molecule has 0 spiro atoms. The number of halogens is 2. The maximum Gasteiger partial charge on any atom is 0.246 e. The zero-order valence-electron chi connectivity index (χ0n) is 15.0. The normalized spacial score (nSPS) is 20.1. The molecule has 3 rings (SSSR count). The van der Waals surface area contributed by atoms with Crippen LogP contribution < -0.4 is 15.2 Å². The number of methoxy groups -OCH3 is 2. The van der Waals surface area contributed by atoms with Gasteiger partial charge in [-0.2, -0.15) is 4.31 Å². The summed E-state index contributed by atoms with van der Waals surface area (Å²) in [6.07, 6.45) is 0. The molecular weight excluding hydrogens is 395 g/mol. The lowest BCUT2D eigenvalue weighted by Gasteiger charge is -2.18. The molecule has 9 heteroatoms. The lowest BCUT2D eigenvalue weighted by Crippen LogP contribution is -2.32. The van der Waals surface area contributed by atoms with Crippen LogP contribution in [-0.2, 0) is 10.0 Å². The summed E-state index contributed by atoms with van der Waals surface area (Å²) >= 11 is 0. The smallest absolute Gasteiger partial charge is 0.246 e. The third kappa shape index (κ3) is 4.03. The molecule has 1 heterocycles. The van der Waals surface area contributed by atoms with E-state index in [9.17, 15) is 12.8 Å². The molecule has 0 amide bonds. The largest absolute Gasteiger partial charge is 0.493 e. The molecule has 6 nitrogen and oxygen atoms in total. The van der Waals surface area contributed by atoms with E-state index in [0.717, 1.165) is 17.7 Å². The van der Waals surface area contributed by atoms with Crippen molar-refractivity contribution >= 4 is 22.4 Å². The SMILES string of the molecule is COc1cc(F)c(S(=O)(=O)N2C[C@@H](N)[C@H](c3ccccc3)C2)cc1OC.Cl. The Balaban J connectivity index is 0.00000261. The Hall–Kier alpha value is -1.87. The van der Waals surface area contributed by atoms with Gasteiger partial charge in [0, 0.05) is 37.2 Å². The minimum atomic E-state index is -4.06. The Bertz CT molecular complexity index is 896. The quantitative estimate of drug-likeness (QED) is 0.809. The average molecular weight is 417 g/mol. The van der Waals surface area contributed by atoms with Gasteiger partial charge in [0.1, 0.15) is 10.7 Å². The van der Waals surface area contributed by atoms with E-state index in [1.54, 1.807) is 0 Å². The molecule has 1 aliphatic heterocycles. The van der Waals surface area contributed by atoms with Crippen molar-refractivity contribution in [2.24, 2.45) is 5.73 Å². The number of nitrogens with two attached hydrogens (primary N) is 1. The monoisotopic (exact) mass is 416 g/mol. The molecule has 1 saturated heterocycles. The maximum atomic E-state index is 14.4. The highest BCUT2D eigenvalue weighted by atomic mass is 35.5. The van der Waals surface area contributed by atoms with Gasteiger partial charge in [0.25, 0.3) is 0 Å². The second kappa shape index (κ2) is 8.43. The van der Waals surface area contributed by atoms with Crippen LogP contribution in [0, 0.1) is 5.82 Å². The predicted molar refractivity (Wildman–Crippen MR) is 103 cm³/mol. The number of rotatable bonds is 5. The third-order valence-electron chi connectivity index (χ3n) is 4.62. The molecular formula is C18H22ClFN2O4S. The molecule has 0 aliphatic carbocycles. The van der Waals surface area contributed by atoms with E-state index in [-0.39, 0.29) is 49.0 Å². The van der Waals surface area contributed by atoms with Gasteiger partial charge in [0.15, 0.2) is 11.5 Å². The van der Waals surface area contributed by atoms with Crippen LogP contribution in [0.1, 0.15) is 11.5 Å². The van der Waals surface area contributed by atoms with Crippen molar-refractivity contribution in [3.05, 3.63) is 53.8 Å². The Kier molecular flexibility index (Phi) is 6.69. The zero-order chi connectivity index (χ0) is 18.9. The summed E-state index contributed by atoms with van der Waals surface area (Å²) in [4.78, 5) is -0.448. The van der Waals surface area contributed by atoms with Crippen LogP contribution in [-0.4, -0.2) is 46.1 Å². The molecule has 0 unspecified atom stereocenters. The molecule has 2 N–H and O–H groups in total. The Morgan fingerprint density at radius 1 is 1.07 bits per heavy atom. The molecule has 2 aromatic carbocycles. The van der Waals surface area contributed by atoms with Crippen molar-refractivity contribution in [1.29, 1.82) is 0 Å². The Morgan fingerprint density at radius 3 is 2.26 bits per heavy atom. The van der Waals surface area contributed by atoms with Gasteiger partial charge in [-0.3, -0.25) is 0 Å². The average Bonchev–Trinajstić information content (AvgIpc) is 3.04. The molecule has 0 aromatic heterocycles. The zero-order valence-corrected chi connectivity index (χ0v) is 16.6. The summed E-state index contributed by atoms with van der Waals surface area (Å²) in [6.45, 7) is 0.316. The van der Waals surface area contributed by atoms with Gasteiger partial charge in [0.05, 0.1) is 14.2 Å². The van der Waals surface area contributed by atoms with E-state index >= 15 is 0 Å². The van der Waals surface area contributed by atoms with Gasteiger partial charge in [-0.05, 0) is 5.56 Å².